The van der Waals surface area contributed by atoms with Gasteiger partial charge in [-0.15, -0.1) is 0 Å². The summed E-state index contributed by atoms with van der Waals surface area (Å²) in [4.78, 5) is 0. The molecule has 96 valence electrons. The molecule has 3 heteroatoms. The monoisotopic (exact) mass is 246 g/mol. The number of hydrogen-bond acceptors (Lipinski definition) is 2. The average molecular weight is 246 g/mol. The van der Waals surface area contributed by atoms with Crippen LogP contribution in [0, 0.1) is 22.6 Å². The van der Waals surface area contributed by atoms with Crippen molar-refractivity contribution in [3.63, 3.8) is 0 Å². The normalized spacial score (nSPS) is 17.4. The molecule has 0 spiro atoms. The van der Waals surface area contributed by atoms with Gasteiger partial charge in [-0.2, -0.15) is 5.26 Å². The van der Waals surface area contributed by atoms with Crippen molar-refractivity contribution in [3.8, 4) is 6.07 Å². The minimum absolute atomic E-state index is 0.358. The Morgan fingerprint density at radius 2 is 2.11 bits per heavy atom. The molecule has 2 rings (SSSR count). The Bertz CT molecular complexity index is 456. The van der Waals surface area contributed by atoms with Gasteiger partial charge in [-0.1, -0.05) is 19.8 Å². The van der Waals surface area contributed by atoms with E-state index in [0.717, 1.165) is 18.7 Å². The molecule has 1 aromatic rings. The maximum absolute atomic E-state index is 13.0. The highest BCUT2D eigenvalue weighted by molar-refractivity contribution is 5.57. The molecule has 0 aliphatic heterocycles. The first-order valence-electron chi connectivity index (χ1n) is 6.63. The van der Waals surface area contributed by atoms with Crippen LogP contribution in [-0.2, 0) is 0 Å². The fourth-order valence-corrected chi connectivity index (χ4v) is 2.83. The first-order valence-corrected chi connectivity index (χ1v) is 6.63. The molecule has 1 saturated carbocycles. The molecule has 0 bridgehead atoms. The van der Waals surface area contributed by atoms with Gasteiger partial charge in [0, 0.05) is 6.54 Å². The zero-order valence-electron chi connectivity index (χ0n) is 10.8. The molecule has 0 unspecified atom stereocenters. The van der Waals surface area contributed by atoms with Crippen LogP contribution in [0.3, 0.4) is 0 Å². The highest BCUT2D eigenvalue weighted by Gasteiger charge is 2.31. The molecule has 0 saturated heterocycles. The van der Waals surface area contributed by atoms with Crippen LogP contribution < -0.4 is 5.32 Å². The molecule has 0 radical (unpaired) electrons. The summed E-state index contributed by atoms with van der Waals surface area (Å²) in [5, 5.41) is 12.3. The van der Waals surface area contributed by atoms with Gasteiger partial charge in [-0.05, 0) is 42.9 Å². The number of benzene rings is 1. The fourth-order valence-electron chi connectivity index (χ4n) is 2.83. The van der Waals surface area contributed by atoms with Gasteiger partial charge in [-0.25, -0.2) is 4.39 Å². The lowest BCUT2D eigenvalue weighted by atomic mass is 9.83. The van der Waals surface area contributed by atoms with E-state index in [2.05, 4.69) is 12.2 Å². The van der Waals surface area contributed by atoms with Gasteiger partial charge in [-0.3, -0.25) is 0 Å². The third-order valence-electron chi connectivity index (χ3n) is 4.17. The van der Waals surface area contributed by atoms with Crippen molar-refractivity contribution in [2.24, 2.45) is 5.41 Å². The Morgan fingerprint density at radius 3 is 2.72 bits per heavy atom. The lowest BCUT2D eigenvalue weighted by Gasteiger charge is -2.28. The van der Waals surface area contributed by atoms with Crippen LogP contribution in [0.15, 0.2) is 18.2 Å². The second-order valence-electron chi connectivity index (χ2n) is 5.22. The Kier molecular flexibility index (Phi) is 3.86. The molecule has 0 atom stereocenters. The van der Waals surface area contributed by atoms with E-state index >= 15 is 0 Å². The summed E-state index contributed by atoms with van der Waals surface area (Å²) in [5.74, 6) is -0.358. The second kappa shape index (κ2) is 5.39. The highest BCUT2D eigenvalue weighted by Crippen LogP contribution is 2.41. The van der Waals surface area contributed by atoms with E-state index in [4.69, 9.17) is 5.26 Å². The van der Waals surface area contributed by atoms with Crippen LogP contribution in [0.4, 0.5) is 10.1 Å². The lowest BCUT2D eigenvalue weighted by Crippen LogP contribution is -2.26. The van der Waals surface area contributed by atoms with Gasteiger partial charge in [0.2, 0.25) is 0 Å². The summed E-state index contributed by atoms with van der Waals surface area (Å²) in [7, 11) is 0. The summed E-state index contributed by atoms with van der Waals surface area (Å²) in [5.41, 5.74) is 1.50. The quantitative estimate of drug-likeness (QED) is 0.868. The minimum Gasteiger partial charge on any atom is -0.383 e. The van der Waals surface area contributed by atoms with Crippen molar-refractivity contribution in [1.82, 2.24) is 0 Å². The maximum Gasteiger partial charge on any atom is 0.124 e. The highest BCUT2D eigenvalue weighted by atomic mass is 19.1. The minimum atomic E-state index is -0.358. The van der Waals surface area contributed by atoms with Crippen LogP contribution in [0.1, 0.15) is 44.6 Å². The Labute approximate surface area is 108 Å². The first-order chi connectivity index (χ1) is 8.69. The number of anilines is 1. The van der Waals surface area contributed by atoms with Crippen LogP contribution >= 0.6 is 0 Å². The second-order valence-corrected chi connectivity index (χ2v) is 5.22. The van der Waals surface area contributed by atoms with Crippen molar-refractivity contribution in [2.45, 2.75) is 39.0 Å². The molecule has 1 fully saturated rings. The third kappa shape index (κ3) is 2.64. The van der Waals surface area contributed by atoms with Gasteiger partial charge in [0.25, 0.3) is 0 Å². The number of halogens is 1. The Balaban J connectivity index is 2.08. The Hall–Kier alpha value is -1.56. The predicted molar refractivity (Wildman–Crippen MR) is 70.8 cm³/mol. The number of nitrogens with zero attached hydrogens (tertiary/aromatic N) is 1. The molecular formula is C15H19FN2. The van der Waals surface area contributed by atoms with E-state index in [0.29, 0.717) is 11.0 Å². The molecule has 0 amide bonds. The van der Waals surface area contributed by atoms with Crippen molar-refractivity contribution < 1.29 is 4.39 Å². The van der Waals surface area contributed by atoms with E-state index in [1.807, 2.05) is 6.07 Å². The van der Waals surface area contributed by atoms with Crippen molar-refractivity contribution in [3.05, 3.63) is 29.6 Å². The summed E-state index contributed by atoms with van der Waals surface area (Å²) < 4.78 is 13.0. The molecule has 2 nitrogen and oxygen atoms in total. The van der Waals surface area contributed by atoms with E-state index in [-0.39, 0.29) is 5.82 Å². The van der Waals surface area contributed by atoms with Gasteiger partial charge < -0.3 is 5.32 Å². The van der Waals surface area contributed by atoms with E-state index in [1.54, 1.807) is 6.07 Å². The number of nitriles is 1. The lowest BCUT2D eigenvalue weighted by molar-refractivity contribution is 0.307. The van der Waals surface area contributed by atoms with Crippen molar-refractivity contribution in [2.75, 3.05) is 11.9 Å². The fraction of sp³-hybridized carbons (Fsp3) is 0.533. The largest absolute Gasteiger partial charge is 0.383 e. The summed E-state index contributed by atoms with van der Waals surface area (Å²) in [6.07, 6.45) is 6.25. The first kappa shape index (κ1) is 12.9. The van der Waals surface area contributed by atoms with Gasteiger partial charge in [0.05, 0.1) is 11.3 Å². The SMILES string of the molecule is CCC1(CNc2ccc(F)cc2C#N)CCCC1. The van der Waals surface area contributed by atoms with Gasteiger partial charge in [0.1, 0.15) is 11.9 Å². The smallest absolute Gasteiger partial charge is 0.124 e. The van der Waals surface area contributed by atoms with Crippen LogP contribution in [0.5, 0.6) is 0 Å². The van der Waals surface area contributed by atoms with Crippen LogP contribution in [0.2, 0.25) is 0 Å². The topological polar surface area (TPSA) is 35.8 Å². The molecule has 1 aliphatic carbocycles. The van der Waals surface area contributed by atoms with Crippen molar-refractivity contribution >= 4 is 5.69 Å². The van der Waals surface area contributed by atoms with Crippen molar-refractivity contribution in [1.29, 1.82) is 5.26 Å². The molecule has 1 N–H and O–H groups in total. The molecule has 0 aromatic heterocycles. The standard InChI is InChI=1S/C15H19FN2/c1-2-15(7-3-4-8-15)11-18-14-6-5-13(16)9-12(14)10-17/h5-6,9,18H,2-4,7-8,11H2,1H3. The maximum atomic E-state index is 13.0. The number of nitrogens with one attached hydrogen (secondary N) is 1. The summed E-state index contributed by atoms with van der Waals surface area (Å²) in [6, 6.07) is 6.39. The predicted octanol–water partition coefficient (Wildman–Crippen LogP) is 4.08. The Morgan fingerprint density at radius 1 is 1.39 bits per heavy atom. The zero-order valence-corrected chi connectivity index (χ0v) is 10.8. The third-order valence-corrected chi connectivity index (χ3v) is 4.17. The van der Waals surface area contributed by atoms with Crippen LogP contribution in [0.25, 0.3) is 0 Å². The molecular weight excluding hydrogens is 227 g/mol. The molecule has 18 heavy (non-hydrogen) atoms. The van der Waals surface area contributed by atoms with Crippen LogP contribution in [-0.4, -0.2) is 6.54 Å². The van der Waals surface area contributed by atoms with Gasteiger partial charge >= 0.3 is 0 Å². The number of hydrogen-bond donors (Lipinski definition) is 1. The number of rotatable bonds is 4. The molecule has 1 aliphatic rings. The summed E-state index contributed by atoms with van der Waals surface area (Å²) >= 11 is 0. The van der Waals surface area contributed by atoms with E-state index in [9.17, 15) is 4.39 Å². The van der Waals surface area contributed by atoms with E-state index < -0.39 is 0 Å². The van der Waals surface area contributed by atoms with Gasteiger partial charge in [0.15, 0.2) is 0 Å². The molecule has 1 aromatic carbocycles. The molecule has 0 heterocycles. The zero-order chi connectivity index (χ0) is 13.0. The van der Waals surface area contributed by atoms with E-state index in [1.165, 1.54) is 37.8 Å². The summed E-state index contributed by atoms with van der Waals surface area (Å²) in [6.45, 7) is 3.10. The average Bonchev–Trinajstić information content (AvgIpc) is 2.86.